The molecule has 520 valence electrons. The second-order valence-corrected chi connectivity index (χ2v) is 24.0. The summed E-state index contributed by atoms with van der Waals surface area (Å²) in [6, 6.07) is -0.711. The van der Waals surface area contributed by atoms with Crippen molar-refractivity contribution in [3.05, 3.63) is 83.9 Å². The van der Waals surface area contributed by atoms with Crippen molar-refractivity contribution < 1.29 is 82.8 Å². The van der Waals surface area contributed by atoms with Gasteiger partial charge in [0.2, 0.25) is 59.1 Å². The zero-order chi connectivity index (χ0) is 70.5. The number of likely N-dealkylation sites (tertiary alicyclic amines) is 1. The molecule has 1 aliphatic heterocycles. The predicted octanol–water partition coefficient (Wildman–Crippen LogP) is -2.43. The first-order chi connectivity index (χ1) is 44.9. The number of aromatic nitrogens is 2. The lowest BCUT2D eigenvalue weighted by Crippen LogP contribution is -2.61. The number of carbonyl (C=O) groups is 13. The molecule has 33 nitrogen and oxygen atoms in total. The van der Waals surface area contributed by atoms with Crippen molar-refractivity contribution >= 4 is 82.9 Å². The second-order valence-electron chi connectivity index (χ2n) is 24.0. The van der Waals surface area contributed by atoms with Crippen LogP contribution in [-0.4, -0.2) is 192 Å². The summed E-state index contributed by atoms with van der Waals surface area (Å²) in [6.07, 6.45) is -1.10. The van der Waals surface area contributed by atoms with Gasteiger partial charge in [0.25, 0.3) is 0 Å². The Hall–Kier alpha value is -10.2. The number of amides is 10. The highest BCUT2D eigenvalue weighted by molar-refractivity contribution is 5.99. The quantitative estimate of drug-likeness (QED) is 0.0159. The minimum absolute atomic E-state index is 0.00154. The van der Waals surface area contributed by atoms with Crippen LogP contribution < -0.4 is 65.5 Å². The molecular weight excluding hydrogens is 1240 g/mol. The molecule has 10 atom stereocenters. The molecular formula is C62H90N16O17. The normalized spacial score (nSPS) is 15.6. The Morgan fingerprint density at radius 1 is 0.568 bits per heavy atom. The number of carboxylic acids is 3. The van der Waals surface area contributed by atoms with Crippen LogP contribution >= 0.6 is 0 Å². The minimum Gasteiger partial charge on any atom is -0.508 e. The molecule has 1 aliphatic rings. The molecule has 2 aromatic carbocycles. The van der Waals surface area contributed by atoms with Gasteiger partial charge in [-0.05, 0) is 99.3 Å². The zero-order valence-electron chi connectivity index (χ0n) is 53.5. The standard InChI is InChI=1S/C62H90N16O17/c1-33(2)26-44(56(89)77-47(61(94)95)27-34(3)4)74-58(91)46(30-37-31-67-32-69-37)75-55(88)41(18-21-49(64)80)71-54(87)42(19-22-50(81)82)72-57(90)45(29-35-10-6-5-7-11-35)76-59(92)48-13-9-25-78(48)60(93)43(20-23-51(83)84)73-53(86)40(12-8-24-68-62(65)66)70-52(85)39(63)28-36-14-16-38(79)17-15-36/h5-7,10-11,14-17,31-34,39-48,79H,8-9,12-13,18-30,63H2,1-4H3,(H2,64,80)(H,67,69)(H,70,85)(H,71,87)(H,72,90)(H,73,86)(H,74,91)(H,75,88)(H,76,92)(H,77,89)(H,81,82)(H,83,84)(H,94,95)(H4,65,66,68)/t39-,40-,41-,42-,43-,44-,45-,46-,47-,48-/m0/s1. The second kappa shape index (κ2) is 38.7. The van der Waals surface area contributed by atoms with Gasteiger partial charge >= 0.3 is 17.9 Å². The van der Waals surface area contributed by atoms with Crippen molar-refractivity contribution in [1.82, 2.24) is 57.4 Å². The van der Waals surface area contributed by atoms with E-state index >= 15 is 0 Å². The average Bonchev–Trinajstić information content (AvgIpc) is 1.77. The molecule has 4 rings (SSSR count). The number of aliphatic carboxylic acids is 3. The number of carbonyl (C=O) groups excluding carboxylic acids is 10. The van der Waals surface area contributed by atoms with Gasteiger partial charge in [0, 0.05) is 57.1 Å². The first kappa shape index (κ1) is 77.2. The Labute approximate surface area is 548 Å². The number of aliphatic imine (C=N–C) groups is 1. The van der Waals surface area contributed by atoms with Crippen LogP contribution in [0.3, 0.4) is 0 Å². The van der Waals surface area contributed by atoms with Gasteiger partial charge in [-0.15, -0.1) is 0 Å². The highest BCUT2D eigenvalue weighted by Gasteiger charge is 2.41. The molecule has 0 spiro atoms. The summed E-state index contributed by atoms with van der Waals surface area (Å²) in [4.78, 5) is 188. The van der Waals surface area contributed by atoms with Crippen molar-refractivity contribution in [1.29, 1.82) is 0 Å². The van der Waals surface area contributed by atoms with Crippen LogP contribution in [0.4, 0.5) is 0 Å². The number of aromatic hydroxyl groups is 1. The lowest BCUT2D eigenvalue weighted by molar-refractivity contribution is -0.144. The van der Waals surface area contributed by atoms with Gasteiger partial charge in [0.05, 0.1) is 12.4 Å². The third kappa shape index (κ3) is 27.5. The number of hydrogen-bond donors (Lipinski definition) is 17. The molecule has 2 heterocycles. The van der Waals surface area contributed by atoms with Gasteiger partial charge in [-0.2, -0.15) is 0 Å². The molecule has 0 bridgehead atoms. The van der Waals surface area contributed by atoms with Crippen LogP contribution in [0.1, 0.15) is 122 Å². The number of phenols is 1. The fourth-order valence-corrected chi connectivity index (χ4v) is 10.3. The van der Waals surface area contributed by atoms with E-state index in [1.807, 2.05) is 0 Å². The van der Waals surface area contributed by atoms with Gasteiger partial charge in [0.15, 0.2) is 5.96 Å². The number of nitrogens with two attached hydrogens (primary N) is 4. The SMILES string of the molecule is CC(C)C[C@H](NC(=O)[C@H](CC(C)C)NC(=O)[C@H](Cc1cnc[nH]1)NC(=O)[C@H](CCC(N)=O)NC(=O)[C@H](CCC(=O)O)NC(=O)[C@H](Cc1ccccc1)NC(=O)[C@@H]1CCCN1C(=O)[C@H](CCC(=O)O)NC(=O)[C@H](CCCN=C(N)N)NC(=O)[C@@H](N)Cc1ccc(O)cc1)C(=O)O. The molecule has 0 aliphatic carbocycles. The van der Waals surface area contributed by atoms with Crippen LogP contribution in [-0.2, 0) is 81.6 Å². The van der Waals surface area contributed by atoms with Crippen molar-refractivity contribution in [3.8, 4) is 5.75 Å². The van der Waals surface area contributed by atoms with Crippen LogP contribution in [0.25, 0.3) is 0 Å². The molecule has 1 fully saturated rings. The van der Waals surface area contributed by atoms with Crippen molar-refractivity contribution in [2.45, 2.75) is 184 Å². The lowest BCUT2D eigenvalue weighted by atomic mass is 10.00. The Morgan fingerprint density at radius 3 is 1.58 bits per heavy atom. The zero-order valence-corrected chi connectivity index (χ0v) is 53.5. The summed E-state index contributed by atoms with van der Waals surface area (Å²) in [7, 11) is 0. The maximum absolute atomic E-state index is 14.7. The molecule has 0 saturated carbocycles. The van der Waals surface area contributed by atoms with Crippen LogP contribution in [0.5, 0.6) is 5.75 Å². The average molecular weight is 1330 g/mol. The fraction of sp³-hybridized carbons (Fsp3) is 0.532. The maximum atomic E-state index is 14.7. The third-order valence-electron chi connectivity index (χ3n) is 15.2. The Morgan fingerprint density at radius 2 is 1.04 bits per heavy atom. The number of hydrogen-bond acceptors (Lipinski definition) is 17. The van der Waals surface area contributed by atoms with E-state index in [1.165, 1.54) is 24.7 Å². The number of aromatic amines is 1. The van der Waals surface area contributed by atoms with Crippen LogP contribution in [0.15, 0.2) is 72.1 Å². The number of nitrogens with zero attached hydrogens (tertiary/aromatic N) is 3. The van der Waals surface area contributed by atoms with E-state index in [-0.39, 0.29) is 94.4 Å². The monoisotopic (exact) mass is 1330 g/mol. The maximum Gasteiger partial charge on any atom is 0.326 e. The van der Waals surface area contributed by atoms with Gasteiger partial charge in [0.1, 0.15) is 60.1 Å². The number of phenolic OH excluding ortho intramolecular Hbond substituents is 1. The number of imidazole rings is 1. The number of carboxylic acid groups (broad SMARTS) is 3. The van der Waals surface area contributed by atoms with Gasteiger partial charge in [-0.3, -0.25) is 62.5 Å². The minimum atomic E-state index is -1.79. The molecule has 0 unspecified atom stereocenters. The largest absolute Gasteiger partial charge is 0.508 e. The predicted molar refractivity (Wildman–Crippen MR) is 341 cm³/mol. The fourth-order valence-electron chi connectivity index (χ4n) is 10.3. The van der Waals surface area contributed by atoms with E-state index in [0.29, 0.717) is 16.8 Å². The Bertz CT molecular complexity index is 3150. The molecule has 0 radical (unpaired) electrons. The van der Waals surface area contributed by atoms with Gasteiger partial charge in [-0.25, -0.2) is 9.78 Å². The smallest absolute Gasteiger partial charge is 0.326 e. The van der Waals surface area contributed by atoms with Crippen LogP contribution in [0, 0.1) is 11.8 Å². The van der Waals surface area contributed by atoms with E-state index in [9.17, 15) is 82.8 Å². The Kier molecular flexibility index (Phi) is 31.5. The number of primary amides is 1. The molecule has 33 heteroatoms. The highest BCUT2D eigenvalue weighted by atomic mass is 16.4. The van der Waals surface area contributed by atoms with E-state index in [2.05, 4.69) is 57.5 Å². The number of nitrogens with one attached hydrogen (secondary N) is 9. The third-order valence-corrected chi connectivity index (χ3v) is 15.2. The van der Waals surface area contributed by atoms with Gasteiger partial charge in [-0.1, -0.05) is 70.2 Å². The molecule has 10 amide bonds. The summed E-state index contributed by atoms with van der Waals surface area (Å²) >= 11 is 0. The summed E-state index contributed by atoms with van der Waals surface area (Å²) in [6.45, 7) is 6.98. The van der Waals surface area contributed by atoms with E-state index in [1.54, 1.807) is 70.2 Å². The lowest BCUT2D eigenvalue weighted by Gasteiger charge is -2.31. The highest BCUT2D eigenvalue weighted by Crippen LogP contribution is 2.22. The molecule has 3 aromatic rings. The van der Waals surface area contributed by atoms with E-state index < -0.39 is 176 Å². The number of benzene rings is 2. The summed E-state index contributed by atoms with van der Waals surface area (Å²) in [5.74, 6) is -14.1. The summed E-state index contributed by atoms with van der Waals surface area (Å²) < 4.78 is 0. The number of rotatable bonds is 41. The van der Waals surface area contributed by atoms with E-state index in [0.717, 1.165) is 4.90 Å². The first-order valence-electron chi connectivity index (χ1n) is 31.2. The number of H-pyrrole nitrogens is 1. The van der Waals surface area contributed by atoms with Crippen molar-refractivity contribution in [3.63, 3.8) is 0 Å². The van der Waals surface area contributed by atoms with E-state index in [4.69, 9.17) is 22.9 Å². The summed E-state index contributed by atoms with van der Waals surface area (Å²) in [5, 5.41) is 59.4. The van der Waals surface area contributed by atoms with Crippen molar-refractivity contribution in [2.24, 2.45) is 39.8 Å². The van der Waals surface area contributed by atoms with Gasteiger partial charge < -0.3 is 95.8 Å². The topological polar surface area (TPSA) is 547 Å². The number of guanidine groups is 1. The molecule has 1 saturated heterocycles. The molecule has 21 N–H and O–H groups in total. The Balaban J connectivity index is 1.62. The summed E-state index contributed by atoms with van der Waals surface area (Å²) in [5.41, 5.74) is 24.0. The first-order valence-corrected chi connectivity index (χ1v) is 31.2. The van der Waals surface area contributed by atoms with Crippen molar-refractivity contribution in [2.75, 3.05) is 13.1 Å². The van der Waals surface area contributed by atoms with Crippen LogP contribution in [0.2, 0.25) is 0 Å². The molecule has 95 heavy (non-hydrogen) atoms. The molecule has 1 aromatic heterocycles.